The molecule has 1 aromatic carbocycles. The summed E-state index contributed by atoms with van der Waals surface area (Å²) >= 11 is 0. The summed E-state index contributed by atoms with van der Waals surface area (Å²) in [5.74, 6) is 0.693. The summed E-state index contributed by atoms with van der Waals surface area (Å²) in [6, 6.07) is 7.90. The fourth-order valence-electron chi connectivity index (χ4n) is 2.65. The van der Waals surface area contributed by atoms with E-state index in [1.165, 1.54) is 0 Å². The van der Waals surface area contributed by atoms with Crippen LogP contribution in [0.5, 0.6) is 0 Å². The minimum absolute atomic E-state index is 0. The molecule has 3 N–H and O–H groups in total. The fourth-order valence-corrected chi connectivity index (χ4v) is 2.65. The van der Waals surface area contributed by atoms with Crippen molar-refractivity contribution in [2.45, 2.75) is 24.9 Å². The van der Waals surface area contributed by atoms with E-state index in [-0.39, 0.29) is 30.7 Å². The zero-order valence-corrected chi connectivity index (χ0v) is 14.6. The summed E-state index contributed by atoms with van der Waals surface area (Å²) in [5.41, 5.74) is 7.32. The molecule has 0 saturated carbocycles. The molecule has 0 aliphatic carbocycles. The van der Waals surface area contributed by atoms with Crippen LogP contribution < -0.4 is 11.1 Å². The van der Waals surface area contributed by atoms with Gasteiger partial charge in [0.25, 0.3) is 0 Å². The van der Waals surface area contributed by atoms with Gasteiger partial charge in [-0.3, -0.25) is 4.79 Å². The fraction of sp³-hybridized carbons (Fsp3) is 0.467. The van der Waals surface area contributed by atoms with E-state index in [4.69, 9.17) is 10.5 Å². The number of aryl methyl sites for hydroxylation is 1. The highest BCUT2D eigenvalue weighted by molar-refractivity contribution is 5.86. The molecule has 2 aromatic rings. The largest absolute Gasteiger partial charge is 0.381 e. The van der Waals surface area contributed by atoms with Gasteiger partial charge < -0.3 is 20.4 Å². The molecule has 3 rings (SSSR count). The molecule has 1 fully saturated rings. The van der Waals surface area contributed by atoms with Crippen molar-refractivity contribution in [3.05, 3.63) is 30.1 Å². The van der Waals surface area contributed by atoms with E-state index in [9.17, 15) is 4.79 Å². The molecular weight excluding hydrogens is 339 g/mol. The maximum atomic E-state index is 12.3. The van der Waals surface area contributed by atoms with Crippen molar-refractivity contribution in [1.29, 1.82) is 0 Å². The Morgan fingerprint density at radius 2 is 2.00 bits per heavy atom. The maximum Gasteiger partial charge on any atom is 0.240 e. The number of carbonyl (C=O) groups is 1. The Morgan fingerprint density at radius 3 is 2.65 bits per heavy atom. The van der Waals surface area contributed by atoms with Crippen molar-refractivity contribution in [2.75, 3.05) is 13.2 Å². The van der Waals surface area contributed by atoms with Crippen LogP contribution in [0.1, 0.15) is 18.7 Å². The van der Waals surface area contributed by atoms with Crippen molar-refractivity contribution < 1.29 is 9.53 Å². The molecule has 1 aliphatic rings. The Balaban J connectivity index is 0.00000132. The van der Waals surface area contributed by atoms with E-state index in [0.717, 1.165) is 16.9 Å². The average Bonchev–Trinajstić information content (AvgIpc) is 2.82. The molecule has 0 unspecified atom stereocenters. The molecule has 6 nitrogen and oxygen atoms in total. The van der Waals surface area contributed by atoms with Crippen LogP contribution in [0.25, 0.3) is 11.0 Å². The minimum Gasteiger partial charge on any atom is -0.381 e. The minimum atomic E-state index is -0.817. The van der Waals surface area contributed by atoms with E-state index in [1.54, 1.807) is 0 Å². The standard InChI is InChI=1S/C15H20N4O2.2ClH/c1-19-12-5-3-2-4-11(12)18-13(19)10-17-14(20)15(16)6-8-21-9-7-15;;/h2-5H,6-10,16H2,1H3,(H,17,20);2*1H. The highest BCUT2D eigenvalue weighted by Crippen LogP contribution is 2.18. The molecule has 0 spiro atoms. The van der Waals surface area contributed by atoms with E-state index >= 15 is 0 Å². The molecule has 23 heavy (non-hydrogen) atoms. The van der Waals surface area contributed by atoms with Crippen LogP contribution in [0.2, 0.25) is 0 Å². The third kappa shape index (κ3) is 3.95. The third-order valence-corrected chi connectivity index (χ3v) is 4.12. The molecule has 1 saturated heterocycles. The van der Waals surface area contributed by atoms with Gasteiger partial charge in [0, 0.05) is 20.3 Å². The van der Waals surface area contributed by atoms with E-state index in [0.29, 0.717) is 32.6 Å². The van der Waals surface area contributed by atoms with Gasteiger partial charge in [-0.1, -0.05) is 12.1 Å². The number of benzene rings is 1. The highest BCUT2D eigenvalue weighted by Gasteiger charge is 2.35. The molecule has 0 bridgehead atoms. The summed E-state index contributed by atoms with van der Waals surface area (Å²) in [7, 11) is 1.95. The van der Waals surface area contributed by atoms with Crippen LogP contribution >= 0.6 is 24.8 Å². The number of rotatable bonds is 3. The van der Waals surface area contributed by atoms with Crippen LogP contribution in [-0.4, -0.2) is 34.2 Å². The topological polar surface area (TPSA) is 82.2 Å². The molecule has 1 amide bonds. The van der Waals surface area contributed by atoms with Crippen molar-refractivity contribution in [2.24, 2.45) is 12.8 Å². The highest BCUT2D eigenvalue weighted by atomic mass is 35.5. The number of hydrogen-bond donors (Lipinski definition) is 2. The van der Waals surface area contributed by atoms with E-state index < -0.39 is 5.54 Å². The number of aromatic nitrogens is 2. The predicted octanol–water partition coefficient (Wildman–Crippen LogP) is 1.54. The smallest absolute Gasteiger partial charge is 0.240 e. The first-order chi connectivity index (χ1) is 10.1. The number of carbonyl (C=O) groups excluding carboxylic acids is 1. The second-order valence-electron chi connectivity index (χ2n) is 5.53. The van der Waals surface area contributed by atoms with Crippen molar-refractivity contribution in [1.82, 2.24) is 14.9 Å². The zero-order valence-electron chi connectivity index (χ0n) is 12.9. The lowest BCUT2D eigenvalue weighted by atomic mass is 9.90. The predicted molar refractivity (Wildman–Crippen MR) is 94.0 cm³/mol. The summed E-state index contributed by atoms with van der Waals surface area (Å²) in [6.07, 6.45) is 1.11. The van der Waals surface area contributed by atoms with Crippen molar-refractivity contribution in [3.8, 4) is 0 Å². The first-order valence-electron chi connectivity index (χ1n) is 7.15. The zero-order chi connectivity index (χ0) is 14.9. The number of hydrogen-bond acceptors (Lipinski definition) is 4. The number of ether oxygens (including phenoxy) is 1. The van der Waals surface area contributed by atoms with Crippen LogP contribution in [0.4, 0.5) is 0 Å². The van der Waals surface area contributed by atoms with Gasteiger partial charge in [0.1, 0.15) is 5.82 Å². The maximum absolute atomic E-state index is 12.3. The molecular formula is C15H22Cl2N4O2. The Kier molecular flexibility index (Phi) is 6.83. The summed E-state index contributed by atoms with van der Waals surface area (Å²) in [5, 5.41) is 2.91. The lowest BCUT2D eigenvalue weighted by molar-refractivity contribution is -0.129. The van der Waals surface area contributed by atoms with Gasteiger partial charge in [-0.2, -0.15) is 0 Å². The Labute approximate surface area is 147 Å². The lowest BCUT2D eigenvalue weighted by Crippen LogP contribution is -2.56. The first-order valence-corrected chi connectivity index (χ1v) is 7.15. The molecule has 1 aromatic heterocycles. The van der Waals surface area contributed by atoms with Gasteiger partial charge in [-0.15, -0.1) is 24.8 Å². The number of nitrogens with two attached hydrogens (primary N) is 1. The second-order valence-corrected chi connectivity index (χ2v) is 5.53. The molecule has 0 radical (unpaired) electrons. The SMILES string of the molecule is Cl.Cl.Cn1c(CNC(=O)C2(N)CCOCC2)nc2ccccc21. The van der Waals surface area contributed by atoms with Gasteiger partial charge in [-0.25, -0.2) is 4.98 Å². The van der Waals surface area contributed by atoms with Gasteiger partial charge in [0.05, 0.1) is 23.1 Å². The van der Waals surface area contributed by atoms with Crippen molar-refractivity contribution in [3.63, 3.8) is 0 Å². The molecule has 0 atom stereocenters. The summed E-state index contributed by atoms with van der Waals surface area (Å²) in [4.78, 5) is 16.8. The number of amides is 1. The van der Waals surface area contributed by atoms with Gasteiger partial charge in [0.15, 0.2) is 0 Å². The first kappa shape index (κ1) is 19.7. The molecule has 1 aliphatic heterocycles. The summed E-state index contributed by atoms with van der Waals surface area (Å²) < 4.78 is 7.25. The molecule has 128 valence electrons. The normalized spacial score (nSPS) is 16.3. The van der Waals surface area contributed by atoms with Gasteiger partial charge in [0.2, 0.25) is 5.91 Å². The van der Waals surface area contributed by atoms with E-state index in [2.05, 4.69) is 10.3 Å². The third-order valence-electron chi connectivity index (χ3n) is 4.12. The lowest BCUT2D eigenvalue weighted by Gasteiger charge is -2.31. The van der Waals surface area contributed by atoms with Crippen LogP contribution in [0, 0.1) is 0 Å². The second kappa shape index (κ2) is 7.97. The quantitative estimate of drug-likeness (QED) is 0.869. The average molecular weight is 361 g/mol. The number of nitrogens with one attached hydrogen (secondary N) is 1. The van der Waals surface area contributed by atoms with Crippen molar-refractivity contribution >= 4 is 41.8 Å². The van der Waals surface area contributed by atoms with Gasteiger partial charge in [-0.05, 0) is 25.0 Å². The summed E-state index contributed by atoms with van der Waals surface area (Å²) in [6.45, 7) is 1.45. The monoisotopic (exact) mass is 360 g/mol. The number of halogens is 2. The molecule has 8 heteroatoms. The Bertz CT molecular complexity index is 669. The van der Waals surface area contributed by atoms with E-state index in [1.807, 2.05) is 35.9 Å². The number of fused-ring (bicyclic) bond motifs is 1. The number of nitrogens with zero attached hydrogens (tertiary/aromatic N) is 2. The Hall–Kier alpha value is -1.34. The number of para-hydroxylation sites is 2. The van der Waals surface area contributed by atoms with Crippen LogP contribution in [0.15, 0.2) is 24.3 Å². The van der Waals surface area contributed by atoms with Crippen LogP contribution in [0.3, 0.4) is 0 Å². The number of imidazole rings is 1. The van der Waals surface area contributed by atoms with Crippen LogP contribution in [-0.2, 0) is 23.1 Å². The Morgan fingerprint density at radius 1 is 1.35 bits per heavy atom. The van der Waals surface area contributed by atoms with Gasteiger partial charge >= 0.3 is 0 Å². The molecule has 2 heterocycles.